The summed E-state index contributed by atoms with van der Waals surface area (Å²) >= 11 is 0. The van der Waals surface area contributed by atoms with Crippen LogP contribution in [0.5, 0.6) is 0 Å². The molecule has 2 atom stereocenters. The number of hydrogen-bond acceptors (Lipinski definition) is 6. The Kier molecular flexibility index (Phi) is 11.6. The Morgan fingerprint density at radius 1 is 1.15 bits per heavy atom. The van der Waals surface area contributed by atoms with Crippen molar-refractivity contribution in [2.24, 2.45) is 0 Å². The molecule has 0 heterocycles. The van der Waals surface area contributed by atoms with Crippen molar-refractivity contribution in [3.8, 4) is 0 Å². The van der Waals surface area contributed by atoms with E-state index < -0.39 is 13.9 Å². The molecular weight excluding hydrogens is 364 g/mol. The van der Waals surface area contributed by atoms with Gasteiger partial charge in [-0.25, -0.2) is 0 Å². The summed E-state index contributed by atoms with van der Waals surface area (Å²) in [4.78, 5) is 11.9. The fourth-order valence-electron chi connectivity index (χ4n) is 2.12. The Balaban J connectivity index is 4.88. The van der Waals surface area contributed by atoms with Crippen LogP contribution in [-0.4, -0.2) is 60.2 Å². The van der Waals surface area contributed by atoms with Gasteiger partial charge in [-0.05, 0) is 37.9 Å². The Labute approximate surface area is 166 Å². The van der Waals surface area contributed by atoms with Crippen LogP contribution in [0.25, 0.3) is 0 Å². The topological polar surface area (TPSA) is 63.2 Å². The van der Waals surface area contributed by atoms with Crippen molar-refractivity contribution in [3.63, 3.8) is 0 Å². The molecule has 0 bridgehead atoms. The maximum absolute atomic E-state index is 11.9. The predicted molar refractivity (Wildman–Crippen MR) is 110 cm³/mol. The fourth-order valence-corrected chi connectivity index (χ4v) is 3.51. The first kappa shape index (κ1) is 26.3. The van der Waals surface area contributed by atoms with Gasteiger partial charge in [-0.3, -0.25) is 4.79 Å². The monoisotopic (exact) mass is 404 g/mol. The van der Waals surface area contributed by atoms with E-state index in [9.17, 15) is 4.79 Å². The molecule has 0 radical (unpaired) electrons. The Hall–Kier alpha value is -0.733. The summed E-state index contributed by atoms with van der Waals surface area (Å²) in [6.45, 7) is 17.9. The lowest BCUT2D eigenvalue weighted by molar-refractivity contribution is -0.143. The minimum atomic E-state index is -2.01. The summed E-state index contributed by atoms with van der Waals surface area (Å²) in [5, 5.41) is 0.0643. The van der Waals surface area contributed by atoms with E-state index in [0.29, 0.717) is 26.1 Å². The normalized spacial score (nSPS) is 15.9. The van der Waals surface area contributed by atoms with Gasteiger partial charge in [-0.2, -0.15) is 0 Å². The second-order valence-corrected chi connectivity index (χ2v) is 13.3. The predicted octanol–water partition coefficient (Wildman–Crippen LogP) is 4.30. The highest BCUT2D eigenvalue weighted by molar-refractivity contribution is 6.74. The quantitative estimate of drug-likeness (QED) is 0.141. The van der Waals surface area contributed by atoms with Crippen molar-refractivity contribution in [2.75, 3.05) is 34.2 Å². The van der Waals surface area contributed by atoms with Gasteiger partial charge in [0.25, 0.3) is 0 Å². The third kappa shape index (κ3) is 10.4. The van der Waals surface area contributed by atoms with Crippen LogP contribution in [0.2, 0.25) is 18.1 Å². The molecule has 0 aliphatic carbocycles. The summed E-state index contributed by atoms with van der Waals surface area (Å²) < 4.78 is 27.5. The van der Waals surface area contributed by atoms with Crippen LogP contribution >= 0.6 is 0 Å². The number of carbonyl (C=O) groups excluding carboxylic acids is 1. The van der Waals surface area contributed by atoms with Gasteiger partial charge in [-0.15, -0.1) is 6.58 Å². The van der Waals surface area contributed by atoms with Crippen molar-refractivity contribution >= 4 is 14.3 Å². The zero-order chi connectivity index (χ0) is 21.1. The van der Waals surface area contributed by atoms with Crippen molar-refractivity contribution in [1.29, 1.82) is 0 Å². The van der Waals surface area contributed by atoms with Crippen molar-refractivity contribution < 1.29 is 28.2 Å². The van der Waals surface area contributed by atoms with Crippen LogP contribution in [0, 0.1) is 0 Å². The van der Waals surface area contributed by atoms with Gasteiger partial charge in [0.2, 0.25) is 0 Å². The molecule has 0 saturated carbocycles. The standard InChI is InChI=1S/C20H40O6Si/c1-10-20(5,25-16-24-14-13-22-6)12-11-17(15-18(21)23-7)26-27(8,9)19(2,3)4/h10,17H,1,11-16H2,2-9H3/t17-,20+/m1/s1. The number of carbonyl (C=O) groups is 1. The smallest absolute Gasteiger partial charge is 0.308 e. The van der Waals surface area contributed by atoms with Gasteiger partial charge in [-0.1, -0.05) is 26.8 Å². The average molecular weight is 405 g/mol. The molecule has 0 aromatic heterocycles. The molecule has 0 unspecified atom stereocenters. The SMILES string of the molecule is C=C[C@@](C)(CC[C@H](CC(=O)OC)O[Si](C)(C)C(C)(C)C)OCOCCOC. The first-order valence-corrected chi connectivity index (χ1v) is 12.4. The van der Waals surface area contributed by atoms with Crippen LogP contribution < -0.4 is 0 Å². The minimum Gasteiger partial charge on any atom is -0.469 e. The lowest BCUT2D eigenvalue weighted by Gasteiger charge is -2.39. The maximum atomic E-state index is 11.9. The first-order chi connectivity index (χ1) is 12.4. The molecule has 0 N–H and O–H groups in total. The fraction of sp³-hybridized carbons (Fsp3) is 0.850. The largest absolute Gasteiger partial charge is 0.469 e. The Morgan fingerprint density at radius 3 is 2.26 bits per heavy atom. The molecule has 0 spiro atoms. The molecule has 0 saturated heterocycles. The number of esters is 1. The van der Waals surface area contributed by atoms with E-state index in [4.69, 9.17) is 23.4 Å². The molecule has 0 amide bonds. The zero-order valence-corrected chi connectivity index (χ0v) is 19.6. The van der Waals surface area contributed by atoms with E-state index in [1.165, 1.54) is 7.11 Å². The summed E-state index contributed by atoms with van der Waals surface area (Å²) in [6.07, 6.45) is 3.13. The van der Waals surface area contributed by atoms with Crippen LogP contribution in [0.15, 0.2) is 12.7 Å². The Bertz CT molecular complexity index is 446. The van der Waals surface area contributed by atoms with Gasteiger partial charge in [0, 0.05) is 7.11 Å². The van der Waals surface area contributed by atoms with E-state index in [0.717, 1.165) is 0 Å². The molecule has 0 aromatic rings. The van der Waals surface area contributed by atoms with Crippen molar-refractivity contribution in [2.45, 2.75) is 76.8 Å². The molecule has 6 nitrogen and oxygen atoms in total. The highest BCUT2D eigenvalue weighted by atomic mass is 28.4. The molecule has 0 aliphatic rings. The summed E-state index contributed by atoms with van der Waals surface area (Å²) in [5.41, 5.74) is -0.557. The molecule has 0 aliphatic heterocycles. The lowest BCUT2D eigenvalue weighted by Crippen LogP contribution is -2.45. The van der Waals surface area contributed by atoms with Crippen LogP contribution in [0.4, 0.5) is 0 Å². The zero-order valence-electron chi connectivity index (χ0n) is 18.6. The number of hydrogen-bond donors (Lipinski definition) is 0. The van der Waals surface area contributed by atoms with Crippen LogP contribution in [0.3, 0.4) is 0 Å². The lowest BCUT2D eigenvalue weighted by atomic mass is 9.97. The van der Waals surface area contributed by atoms with E-state index >= 15 is 0 Å². The summed E-state index contributed by atoms with van der Waals surface area (Å²) in [7, 11) is 1.02. The molecular formula is C20H40O6Si. The highest BCUT2D eigenvalue weighted by Gasteiger charge is 2.40. The van der Waals surface area contributed by atoms with Crippen LogP contribution in [0.1, 0.15) is 47.0 Å². The average Bonchev–Trinajstić information content (AvgIpc) is 2.58. The van der Waals surface area contributed by atoms with E-state index in [1.807, 2.05) is 6.92 Å². The van der Waals surface area contributed by atoms with E-state index in [2.05, 4.69) is 40.4 Å². The maximum Gasteiger partial charge on any atom is 0.308 e. The minimum absolute atomic E-state index is 0.0643. The van der Waals surface area contributed by atoms with Gasteiger partial charge in [0.15, 0.2) is 8.32 Å². The third-order valence-corrected chi connectivity index (χ3v) is 9.72. The van der Waals surface area contributed by atoms with Gasteiger partial charge >= 0.3 is 5.97 Å². The molecule has 27 heavy (non-hydrogen) atoms. The molecule has 0 fully saturated rings. The summed E-state index contributed by atoms with van der Waals surface area (Å²) in [5.74, 6) is -0.261. The molecule has 7 heteroatoms. The first-order valence-electron chi connectivity index (χ1n) is 9.49. The van der Waals surface area contributed by atoms with Crippen molar-refractivity contribution in [3.05, 3.63) is 12.7 Å². The summed E-state index contributed by atoms with van der Waals surface area (Å²) in [6, 6.07) is 0. The van der Waals surface area contributed by atoms with Gasteiger partial charge in [0.05, 0.1) is 38.4 Å². The number of ether oxygens (including phenoxy) is 4. The number of methoxy groups -OCH3 is 2. The third-order valence-electron chi connectivity index (χ3n) is 5.19. The van der Waals surface area contributed by atoms with Crippen LogP contribution in [-0.2, 0) is 28.2 Å². The van der Waals surface area contributed by atoms with Gasteiger partial charge < -0.3 is 23.4 Å². The highest BCUT2D eigenvalue weighted by Crippen LogP contribution is 2.38. The second-order valence-electron chi connectivity index (χ2n) is 8.50. The van der Waals surface area contributed by atoms with Crippen molar-refractivity contribution in [1.82, 2.24) is 0 Å². The Morgan fingerprint density at radius 2 is 1.78 bits per heavy atom. The molecule has 160 valence electrons. The van der Waals surface area contributed by atoms with E-state index in [-0.39, 0.29) is 30.3 Å². The molecule has 0 aromatic carbocycles. The van der Waals surface area contributed by atoms with Gasteiger partial charge in [0.1, 0.15) is 6.79 Å². The second kappa shape index (κ2) is 12.0. The molecule has 0 rings (SSSR count). The number of rotatable bonds is 14. The van der Waals surface area contributed by atoms with E-state index in [1.54, 1.807) is 13.2 Å².